The highest BCUT2D eigenvalue weighted by molar-refractivity contribution is 5.91. The molecule has 0 radical (unpaired) electrons. The highest BCUT2D eigenvalue weighted by Crippen LogP contribution is 2.30. The van der Waals surface area contributed by atoms with Gasteiger partial charge in [-0.25, -0.2) is 4.98 Å². The molecule has 1 aromatic heterocycles. The molecule has 2 atom stereocenters. The Bertz CT molecular complexity index is 1010. The number of hydrogen-bond donors (Lipinski definition) is 3. The van der Waals surface area contributed by atoms with Gasteiger partial charge in [0.2, 0.25) is 11.8 Å². The zero-order valence-corrected chi connectivity index (χ0v) is 18.2. The number of benzene rings is 2. The zero-order chi connectivity index (χ0) is 22.5. The first-order valence-electron chi connectivity index (χ1n) is 11.0. The summed E-state index contributed by atoms with van der Waals surface area (Å²) in [6.45, 7) is 2.77. The molecule has 1 aliphatic heterocycles. The number of hydrogen-bond acceptors (Lipinski definition) is 4. The van der Waals surface area contributed by atoms with Crippen molar-refractivity contribution in [2.75, 3.05) is 6.54 Å². The Morgan fingerprint density at radius 1 is 1.12 bits per heavy atom. The third-order valence-corrected chi connectivity index (χ3v) is 6.16. The monoisotopic (exact) mass is 431 g/mol. The second-order valence-corrected chi connectivity index (χ2v) is 8.21. The van der Waals surface area contributed by atoms with Crippen molar-refractivity contribution in [3.05, 3.63) is 89.5 Å². The van der Waals surface area contributed by atoms with Gasteiger partial charge in [0, 0.05) is 18.2 Å². The molecule has 1 aliphatic rings. The number of carbonyl (C=O) groups is 2. The molecule has 0 spiro atoms. The van der Waals surface area contributed by atoms with Gasteiger partial charge < -0.3 is 20.9 Å². The summed E-state index contributed by atoms with van der Waals surface area (Å²) in [5.74, 6) is -0.654. The van der Waals surface area contributed by atoms with Crippen LogP contribution in [-0.2, 0) is 16.1 Å². The number of nitrogens with one attached hydrogen (secondary N) is 2. The van der Waals surface area contributed by atoms with Gasteiger partial charge in [0.05, 0.1) is 24.6 Å². The molecule has 166 valence electrons. The van der Waals surface area contributed by atoms with Crippen LogP contribution in [0.25, 0.3) is 0 Å². The maximum absolute atomic E-state index is 13.5. The summed E-state index contributed by atoms with van der Waals surface area (Å²) in [5, 5.41) is 2.93. The molecule has 2 aromatic carbocycles. The van der Waals surface area contributed by atoms with Crippen LogP contribution in [0.15, 0.2) is 67.0 Å². The number of likely N-dealkylation sites (tertiary alicyclic amines) is 1. The summed E-state index contributed by atoms with van der Waals surface area (Å²) in [4.78, 5) is 35.3. The average molecular weight is 432 g/mol. The normalized spacial score (nSPS) is 16.8. The number of carbonyl (C=O) groups excluding carboxylic acids is 2. The van der Waals surface area contributed by atoms with Gasteiger partial charge in [0.1, 0.15) is 6.04 Å². The van der Waals surface area contributed by atoms with E-state index in [0.29, 0.717) is 19.5 Å². The van der Waals surface area contributed by atoms with Crippen molar-refractivity contribution in [2.24, 2.45) is 5.73 Å². The number of aromatic nitrogens is 2. The number of rotatable bonds is 7. The third-order valence-electron chi connectivity index (χ3n) is 6.16. The van der Waals surface area contributed by atoms with Gasteiger partial charge in [-0.2, -0.15) is 0 Å². The average Bonchev–Trinajstić information content (AvgIpc) is 3.47. The lowest BCUT2D eigenvalue weighted by Crippen LogP contribution is -2.52. The summed E-state index contributed by atoms with van der Waals surface area (Å²) >= 11 is 0. The number of amides is 2. The number of nitrogens with zero attached hydrogens (tertiary/aromatic N) is 2. The molecule has 0 unspecified atom stereocenters. The minimum atomic E-state index is -0.790. The van der Waals surface area contributed by atoms with Gasteiger partial charge in [-0.05, 0) is 30.9 Å². The summed E-state index contributed by atoms with van der Waals surface area (Å²) < 4.78 is 0. The molecule has 7 nitrogen and oxygen atoms in total. The smallest absolute Gasteiger partial charge is 0.243 e. The maximum Gasteiger partial charge on any atom is 0.243 e. The topological polar surface area (TPSA) is 104 Å². The summed E-state index contributed by atoms with van der Waals surface area (Å²) in [6, 6.07) is 18.4. The van der Waals surface area contributed by atoms with E-state index in [-0.39, 0.29) is 17.7 Å². The van der Waals surface area contributed by atoms with E-state index in [1.165, 1.54) is 0 Å². The number of aromatic amines is 1. The van der Waals surface area contributed by atoms with Crippen LogP contribution in [0.3, 0.4) is 0 Å². The summed E-state index contributed by atoms with van der Waals surface area (Å²) in [6.07, 6.45) is 3.01. The van der Waals surface area contributed by atoms with Crippen LogP contribution in [-0.4, -0.2) is 45.3 Å². The molecule has 2 amide bonds. The first kappa shape index (κ1) is 21.8. The highest BCUT2D eigenvalue weighted by Gasteiger charge is 2.39. The van der Waals surface area contributed by atoms with Crippen molar-refractivity contribution in [1.82, 2.24) is 20.2 Å². The fourth-order valence-electron chi connectivity index (χ4n) is 4.42. The quantitative estimate of drug-likeness (QED) is 0.535. The number of H-pyrrole nitrogens is 1. The minimum absolute atomic E-state index is 0.165. The van der Waals surface area contributed by atoms with Gasteiger partial charge in [-0.3, -0.25) is 9.59 Å². The Morgan fingerprint density at radius 2 is 1.75 bits per heavy atom. The van der Waals surface area contributed by atoms with Crippen LogP contribution in [0.2, 0.25) is 0 Å². The Kier molecular flexibility index (Phi) is 6.66. The van der Waals surface area contributed by atoms with E-state index in [1.54, 1.807) is 11.2 Å². The largest absolute Gasteiger partial charge is 0.349 e. The Morgan fingerprint density at radius 3 is 2.31 bits per heavy atom. The lowest BCUT2D eigenvalue weighted by Gasteiger charge is -2.31. The van der Waals surface area contributed by atoms with Crippen LogP contribution in [0.5, 0.6) is 0 Å². The van der Waals surface area contributed by atoms with Crippen molar-refractivity contribution < 1.29 is 9.59 Å². The molecule has 32 heavy (non-hydrogen) atoms. The van der Waals surface area contributed by atoms with Gasteiger partial charge in [-0.1, -0.05) is 60.7 Å². The predicted molar refractivity (Wildman–Crippen MR) is 123 cm³/mol. The molecule has 2 heterocycles. The SMILES string of the molecule is Cc1[nH]cnc1CNC(=O)[C@@H]1CCCN1C(=O)[C@H](N)C(c1ccccc1)c1ccccc1. The van der Waals surface area contributed by atoms with E-state index in [9.17, 15) is 9.59 Å². The van der Waals surface area contributed by atoms with E-state index in [2.05, 4.69) is 15.3 Å². The molecule has 7 heteroatoms. The molecule has 0 saturated carbocycles. The molecular formula is C25H29N5O2. The van der Waals surface area contributed by atoms with E-state index in [4.69, 9.17) is 5.73 Å². The van der Waals surface area contributed by atoms with Crippen molar-refractivity contribution >= 4 is 11.8 Å². The lowest BCUT2D eigenvalue weighted by molar-refractivity contribution is -0.139. The summed E-state index contributed by atoms with van der Waals surface area (Å²) in [7, 11) is 0. The van der Waals surface area contributed by atoms with Gasteiger partial charge in [-0.15, -0.1) is 0 Å². The van der Waals surface area contributed by atoms with E-state index < -0.39 is 12.1 Å². The van der Waals surface area contributed by atoms with Gasteiger partial charge >= 0.3 is 0 Å². The maximum atomic E-state index is 13.5. The first-order chi connectivity index (χ1) is 15.6. The minimum Gasteiger partial charge on any atom is -0.349 e. The van der Waals surface area contributed by atoms with Gasteiger partial charge in [0.15, 0.2) is 0 Å². The van der Waals surface area contributed by atoms with E-state index in [0.717, 1.165) is 28.9 Å². The Hall–Kier alpha value is -3.45. The fourth-order valence-corrected chi connectivity index (χ4v) is 4.42. The molecule has 4 rings (SSSR count). The number of aryl methyl sites for hydroxylation is 1. The van der Waals surface area contributed by atoms with E-state index in [1.807, 2.05) is 67.6 Å². The second kappa shape index (κ2) is 9.78. The van der Waals surface area contributed by atoms with Crippen LogP contribution in [0, 0.1) is 6.92 Å². The molecule has 0 aliphatic carbocycles. The first-order valence-corrected chi connectivity index (χ1v) is 11.0. The summed E-state index contributed by atoms with van der Waals surface area (Å²) in [5.41, 5.74) is 10.3. The van der Waals surface area contributed by atoms with Crippen molar-refractivity contribution in [3.8, 4) is 0 Å². The predicted octanol–water partition coefficient (Wildman–Crippen LogP) is 2.48. The molecule has 4 N–H and O–H groups in total. The Balaban J connectivity index is 1.51. The number of nitrogens with two attached hydrogens (primary N) is 1. The lowest BCUT2D eigenvalue weighted by atomic mass is 9.84. The van der Waals surface area contributed by atoms with Crippen LogP contribution in [0.4, 0.5) is 0 Å². The van der Waals surface area contributed by atoms with E-state index >= 15 is 0 Å². The molecule has 0 bridgehead atoms. The number of imidazole rings is 1. The third kappa shape index (κ3) is 4.57. The van der Waals surface area contributed by atoms with Crippen LogP contribution >= 0.6 is 0 Å². The molecular weight excluding hydrogens is 402 g/mol. The van der Waals surface area contributed by atoms with Crippen molar-refractivity contribution in [3.63, 3.8) is 0 Å². The molecule has 1 saturated heterocycles. The molecule has 3 aromatic rings. The highest BCUT2D eigenvalue weighted by atomic mass is 16.2. The molecule has 1 fully saturated rings. The Labute approximate surface area is 188 Å². The second-order valence-electron chi connectivity index (χ2n) is 8.21. The zero-order valence-electron chi connectivity index (χ0n) is 18.2. The fraction of sp³-hybridized carbons (Fsp3) is 0.320. The van der Waals surface area contributed by atoms with Crippen molar-refractivity contribution in [1.29, 1.82) is 0 Å². The van der Waals surface area contributed by atoms with Crippen LogP contribution < -0.4 is 11.1 Å². The van der Waals surface area contributed by atoms with Crippen molar-refractivity contribution in [2.45, 2.75) is 44.3 Å². The van der Waals surface area contributed by atoms with Crippen LogP contribution in [0.1, 0.15) is 41.3 Å². The standard InChI is InChI=1S/C25H29N5O2/c1-17-20(29-16-28-17)15-27-24(31)21-13-8-14-30(21)25(32)23(26)22(18-9-4-2-5-10-18)19-11-6-3-7-12-19/h2-7,9-12,16,21-23H,8,13-15,26H2,1H3,(H,27,31)(H,28,29)/t21-,23+/m0/s1. The van der Waals surface area contributed by atoms with Gasteiger partial charge in [0.25, 0.3) is 0 Å².